The summed E-state index contributed by atoms with van der Waals surface area (Å²) in [5.41, 5.74) is 0. The lowest BCUT2D eigenvalue weighted by molar-refractivity contribution is 0.391. The van der Waals surface area contributed by atoms with Crippen LogP contribution in [-0.2, 0) is 14.3 Å². The highest BCUT2D eigenvalue weighted by atomic mass is 32.2. The molecule has 0 saturated carbocycles. The van der Waals surface area contributed by atoms with Crippen LogP contribution in [0.3, 0.4) is 0 Å². The first-order valence-corrected chi connectivity index (χ1v) is 5.51. The van der Waals surface area contributed by atoms with Crippen molar-refractivity contribution in [2.45, 2.75) is 31.9 Å². The number of hydrogen-bond acceptors (Lipinski definition) is 3. The summed E-state index contributed by atoms with van der Waals surface area (Å²) in [4.78, 5) is 0. The Morgan fingerprint density at radius 2 is 2.00 bits per heavy atom. The zero-order valence-corrected chi connectivity index (χ0v) is 8.60. The molecule has 0 saturated heterocycles. The summed E-state index contributed by atoms with van der Waals surface area (Å²) in [6.07, 6.45) is 4.91. The Balaban J connectivity index is 4.46. The largest absolute Gasteiger partial charge is 0.273 e. The molecule has 0 heterocycles. The van der Waals surface area contributed by atoms with Gasteiger partial charge >= 0.3 is 0 Å². The fraction of sp³-hybridized carbons (Fsp3) is 0.750. The van der Waals surface area contributed by atoms with Gasteiger partial charge in [-0.15, -0.1) is 0 Å². The maximum Gasteiger partial charge on any atom is 0.273 e. The average Bonchev–Trinajstić information content (AvgIpc) is 2.05. The number of hydrogen-bond donors (Lipinski definition) is 0. The van der Waals surface area contributed by atoms with E-state index in [4.69, 9.17) is 0 Å². The highest BCUT2D eigenvalue weighted by Crippen LogP contribution is 2.09. The normalized spacial score (nSPS) is 15.2. The first kappa shape index (κ1) is 11.6. The van der Waals surface area contributed by atoms with Gasteiger partial charge in [0.05, 0.1) is 7.11 Å². The van der Waals surface area contributed by atoms with Gasteiger partial charge in [0.1, 0.15) is 5.25 Å². The van der Waals surface area contributed by atoms with Crippen molar-refractivity contribution in [3.8, 4) is 0 Å². The summed E-state index contributed by atoms with van der Waals surface area (Å²) >= 11 is 0. The molecule has 0 amide bonds. The van der Waals surface area contributed by atoms with Crippen LogP contribution in [0.25, 0.3) is 0 Å². The van der Waals surface area contributed by atoms with Crippen LogP contribution in [0.2, 0.25) is 0 Å². The Morgan fingerprint density at radius 3 is 2.33 bits per heavy atom. The van der Waals surface area contributed by atoms with Gasteiger partial charge in [-0.05, 0) is 12.8 Å². The summed E-state index contributed by atoms with van der Waals surface area (Å²) in [6, 6.07) is 0. The average molecular weight is 192 g/mol. The molecule has 4 heteroatoms. The topological polar surface area (TPSA) is 43.4 Å². The molecule has 0 fully saturated rings. The molecule has 0 bridgehead atoms. The molecule has 0 aromatic heterocycles. The third kappa shape index (κ3) is 3.36. The Labute approximate surface area is 74.6 Å². The zero-order valence-electron chi connectivity index (χ0n) is 7.78. The Morgan fingerprint density at radius 1 is 1.42 bits per heavy atom. The SMILES string of the molecule is CC/C=C/C(CC)S(=O)(=O)OC. The van der Waals surface area contributed by atoms with Gasteiger partial charge in [-0.3, -0.25) is 4.18 Å². The van der Waals surface area contributed by atoms with Gasteiger partial charge in [0, 0.05) is 0 Å². The lowest BCUT2D eigenvalue weighted by Gasteiger charge is -2.08. The predicted octanol–water partition coefficient (Wildman–Crippen LogP) is 1.71. The summed E-state index contributed by atoms with van der Waals surface area (Å²) in [6.45, 7) is 3.78. The quantitative estimate of drug-likeness (QED) is 0.492. The highest BCUT2D eigenvalue weighted by Gasteiger charge is 2.19. The van der Waals surface area contributed by atoms with E-state index >= 15 is 0 Å². The molecule has 3 nitrogen and oxygen atoms in total. The lowest BCUT2D eigenvalue weighted by atomic mass is 10.3. The van der Waals surface area contributed by atoms with Crippen molar-refractivity contribution in [3.63, 3.8) is 0 Å². The molecule has 12 heavy (non-hydrogen) atoms. The van der Waals surface area contributed by atoms with Gasteiger partial charge < -0.3 is 0 Å². The van der Waals surface area contributed by atoms with E-state index in [1.165, 1.54) is 7.11 Å². The molecule has 0 rings (SSSR count). The summed E-state index contributed by atoms with van der Waals surface area (Å²) in [5, 5.41) is -0.498. The molecule has 0 aromatic carbocycles. The van der Waals surface area contributed by atoms with Crippen LogP contribution in [0.5, 0.6) is 0 Å². The third-order valence-electron chi connectivity index (χ3n) is 1.59. The molecule has 0 aliphatic heterocycles. The van der Waals surface area contributed by atoms with Gasteiger partial charge in [-0.1, -0.05) is 26.0 Å². The Bertz CT molecular complexity index is 229. The molecule has 1 unspecified atom stereocenters. The smallest absolute Gasteiger partial charge is 0.273 e. The van der Waals surface area contributed by atoms with Gasteiger partial charge in [-0.2, -0.15) is 8.42 Å². The second kappa shape index (κ2) is 5.32. The molecule has 0 aromatic rings. The summed E-state index contributed by atoms with van der Waals surface area (Å²) < 4.78 is 26.7. The van der Waals surface area contributed by atoms with Gasteiger partial charge in [0.15, 0.2) is 0 Å². The van der Waals surface area contributed by atoms with E-state index < -0.39 is 15.4 Å². The molecular formula is C8H16O3S. The minimum atomic E-state index is -3.37. The van der Waals surface area contributed by atoms with Crippen LogP contribution < -0.4 is 0 Å². The van der Waals surface area contributed by atoms with Crippen LogP contribution in [0, 0.1) is 0 Å². The van der Waals surface area contributed by atoms with E-state index in [0.717, 1.165) is 6.42 Å². The molecule has 0 aliphatic rings. The molecule has 0 N–H and O–H groups in total. The van der Waals surface area contributed by atoms with Crippen LogP contribution in [0.1, 0.15) is 26.7 Å². The monoisotopic (exact) mass is 192 g/mol. The van der Waals surface area contributed by atoms with Crippen molar-refractivity contribution in [1.82, 2.24) is 0 Å². The van der Waals surface area contributed by atoms with Crippen LogP contribution >= 0.6 is 0 Å². The van der Waals surface area contributed by atoms with Gasteiger partial charge in [-0.25, -0.2) is 0 Å². The lowest BCUT2D eigenvalue weighted by Crippen LogP contribution is -2.19. The van der Waals surface area contributed by atoms with Crippen molar-refractivity contribution in [2.24, 2.45) is 0 Å². The minimum absolute atomic E-state index is 0.498. The van der Waals surface area contributed by atoms with Crippen molar-refractivity contribution in [1.29, 1.82) is 0 Å². The second-order valence-corrected chi connectivity index (χ2v) is 4.37. The maximum absolute atomic E-state index is 11.2. The van der Waals surface area contributed by atoms with Gasteiger partial charge in [0.2, 0.25) is 0 Å². The van der Waals surface area contributed by atoms with E-state index in [1.54, 1.807) is 6.08 Å². The Kier molecular flexibility index (Phi) is 5.17. The standard InChI is InChI=1S/C8H16O3S/c1-4-6-7-8(5-2)12(9,10)11-3/h6-8H,4-5H2,1-3H3/b7-6+. The maximum atomic E-state index is 11.2. The molecular weight excluding hydrogens is 176 g/mol. The second-order valence-electron chi connectivity index (χ2n) is 2.44. The van der Waals surface area contributed by atoms with Gasteiger partial charge in [0.25, 0.3) is 10.1 Å². The van der Waals surface area contributed by atoms with E-state index in [-0.39, 0.29) is 0 Å². The fourth-order valence-corrected chi connectivity index (χ4v) is 1.81. The summed E-state index contributed by atoms with van der Waals surface area (Å²) in [7, 11) is -2.18. The Hall–Kier alpha value is -0.350. The number of rotatable bonds is 5. The van der Waals surface area contributed by atoms with E-state index in [0.29, 0.717) is 6.42 Å². The van der Waals surface area contributed by atoms with Crippen LogP contribution in [0.4, 0.5) is 0 Å². The first-order valence-electron chi connectivity index (χ1n) is 4.04. The molecule has 0 spiro atoms. The van der Waals surface area contributed by atoms with Crippen LogP contribution in [-0.4, -0.2) is 20.8 Å². The predicted molar refractivity (Wildman–Crippen MR) is 49.4 cm³/mol. The zero-order chi connectivity index (χ0) is 9.61. The third-order valence-corrected chi connectivity index (χ3v) is 3.29. The van der Waals surface area contributed by atoms with Crippen molar-refractivity contribution < 1.29 is 12.6 Å². The van der Waals surface area contributed by atoms with E-state index in [9.17, 15) is 8.42 Å². The van der Waals surface area contributed by atoms with Crippen molar-refractivity contribution >= 4 is 10.1 Å². The summed E-state index contributed by atoms with van der Waals surface area (Å²) in [5.74, 6) is 0. The molecule has 0 radical (unpaired) electrons. The molecule has 1 atom stereocenters. The highest BCUT2D eigenvalue weighted by molar-refractivity contribution is 7.87. The van der Waals surface area contributed by atoms with Crippen molar-refractivity contribution in [3.05, 3.63) is 12.2 Å². The number of allylic oxidation sites excluding steroid dienone is 1. The van der Waals surface area contributed by atoms with E-state index in [1.807, 2.05) is 19.9 Å². The molecule has 0 aliphatic carbocycles. The van der Waals surface area contributed by atoms with Crippen LogP contribution in [0.15, 0.2) is 12.2 Å². The molecule has 72 valence electrons. The fourth-order valence-electron chi connectivity index (χ4n) is 0.848. The first-order chi connectivity index (χ1) is 5.58. The minimum Gasteiger partial charge on any atom is -0.273 e. The van der Waals surface area contributed by atoms with E-state index in [2.05, 4.69) is 4.18 Å². The van der Waals surface area contributed by atoms with Crippen molar-refractivity contribution in [2.75, 3.05) is 7.11 Å².